The zero-order valence-corrected chi connectivity index (χ0v) is 13.5. The summed E-state index contributed by atoms with van der Waals surface area (Å²) in [6.45, 7) is 6.24. The third kappa shape index (κ3) is 1.98. The molecule has 0 saturated carbocycles. The van der Waals surface area contributed by atoms with Gasteiger partial charge in [0.15, 0.2) is 0 Å². The van der Waals surface area contributed by atoms with Crippen LogP contribution < -0.4 is 10.4 Å². The lowest BCUT2D eigenvalue weighted by Gasteiger charge is -2.34. The molecule has 0 radical (unpaired) electrons. The number of benzene rings is 1. The highest BCUT2D eigenvalue weighted by atomic mass is 16.5. The fourth-order valence-corrected chi connectivity index (χ4v) is 3.88. The highest BCUT2D eigenvalue weighted by Crippen LogP contribution is 2.41. The summed E-state index contributed by atoms with van der Waals surface area (Å²) in [5.74, 6) is 0.919. The van der Waals surface area contributed by atoms with Gasteiger partial charge in [0.25, 0.3) is 0 Å². The van der Waals surface area contributed by atoms with Gasteiger partial charge in [0.1, 0.15) is 16.9 Å². The van der Waals surface area contributed by atoms with Gasteiger partial charge in [-0.25, -0.2) is 4.79 Å². The third-order valence-corrected chi connectivity index (χ3v) is 5.14. The molecule has 2 heterocycles. The van der Waals surface area contributed by atoms with Gasteiger partial charge in [-0.2, -0.15) is 0 Å². The molecule has 4 rings (SSSR count). The molecule has 1 aromatic carbocycles. The summed E-state index contributed by atoms with van der Waals surface area (Å²) in [6, 6.07) is 2.21. The predicted molar refractivity (Wildman–Crippen MR) is 86.9 cm³/mol. The van der Waals surface area contributed by atoms with Crippen molar-refractivity contribution in [2.45, 2.75) is 64.9 Å². The molecule has 22 heavy (non-hydrogen) atoms. The van der Waals surface area contributed by atoms with Crippen molar-refractivity contribution in [3.05, 3.63) is 38.7 Å². The fraction of sp³-hybridized carbons (Fsp3) is 0.526. The van der Waals surface area contributed by atoms with Crippen molar-refractivity contribution in [3.8, 4) is 5.75 Å². The normalized spacial score (nSPS) is 19.4. The number of fused-ring (bicyclic) bond motifs is 4. The monoisotopic (exact) mass is 298 g/mol. The van der Waals surface area contributed by atoms with E-state index in [0.29, 0.717) is 0 Å². The van der Waals surface area contributed by atoms with Crippen LogP contribution in [0.2, 0.25) is 0 Å². The summed E-state index contributed by atoms with van der Waals surface area (Å²) in [5, 5.41) is 1.13. The summed E-state index contributed by atoms with van der Waals surface area (Å²) in [4.78, 5) is 12.3. The molecule has 0 spiro atoms. The van der Waals surface area contributed by atoms with E-state index in [1.165, 1.54) is 11.1 Å². The van der Waals surface area contributed by atoms with Crippen LogP contribution in [0.15, 0.2) is 15.3 Å². The molecule has 2 aliphatic rings. The van der Waals surface area contributed by atoms with E-state index in [-0.39, 0.29) is 11.2 Å². The highest BCUT2D eigenvalue weighted by Gasteiger charge is 2.30. The topological polar surface area (TPSA) is 39.4 Å². The summed E-state index contributed by atoms with van der Waals surface area (Å²) >= 11 is 0. The largest absolute Gasteiger partial charge is 0.487 e. The lowest BCUT2D eigenvalue weighted by atomic mass is 9.87. The first-order valence-corrected chi connectivity index (χ1v) is 8.26. The molecular formula is C19H22O3. The van der Waals surface area contributed by atoms with Gasteiger partial charge < -0.3 is 9.15 Å². The van der Waals surface area contributed by atoms with E-state index in [1.807, 2.05) is 6.92 Å². The third-order valence-electron chi connectivity index (χ3n) is 5.14. The van der Waals surface area contributed by atoms with Crippen molar-refractivity contribution < 1.29 is 9.15 Å². The van der Waals surface area contributed by atoms with E-state index in [2.05, 4.69) is 19.9 Å². The summed E-state index contributed by atoms with van der Waals surface area (Å²) in [6.07, 6.45) is 6.13. The summed E-state index contributed by atoms with van der Waals surface area (Å²) < 4.78 is 11.9. The lowest BCUT2D eigenvalue weighted by molar-refractivity contribution is 0.0838. The highest BCUT2D eigenvalue weighted by molar-refractivity contribution is 5.87. The van der Waals surface area contributed by atoms with E-state index in [0.717, 1.165) is 66.4 Å². The first kappa shape index (κ1) is 13.9. The van der Waals surface area contributed by atoms with Crippen molar-refractivity contribution in [3.63, 3.8) is 0 Å². The number of aryl methyl sites for hydroxylation is 3. The van der Waals surface area contributed by atoms with Crippen LogP contribution >= 0.6 is 0 Å². The van der Waals surface area contributed by atoms with Gasteiger partial charge in [-0.05, 0) is 76.5 Å². The number of rotatable bonds is 0. The predicted octanol–water partition coefficient (Wildman–Crippen LogP) is 4.08. The fourth-order valence-electron chi connectivity index (χ4n) is 3.88. The van der Waals surface area contributed by atoms with Crippen LogP contribution in [0, 0.1) is 6.92 Å². The molecule has 0 amide bonds. The minimum Gasteiger partial charge on any atom is -0.487 e. The van der Waals surface area contributed by atoms with E-state index in [9.17, 15) is 4.79 Å². The average Bonchev–Trinajstić information content (AvgIpc) is 2.49. The second-order valence-electron chi connectivity index (χ2n) is 7.28. The summed E-state index contributed by atoms with van der Waals surface area (Å²) in [5.41, 5.74) is 4.77. The molecule has 116 valence electrons. The Hall–Kier alpha value is -1.77. The van der Waals surface area contributed by atoms with Crippen LogP contribution in [0.1, 0.15) is 55.4 Å². The first-order chi connectivity index (χ1) is 10.5. The van der Waals surface area contributed by atoms with E-state index >= 15 is 0 Å². The van der Waals surface area contributed by atoms with Gasteiger partial charge in [0.05, 0.1) is 0 Å². The molecule has 0 unspecified atom stereocenters. The molecule has 1 aromatic heterocycles. The van der Waals surface area contributed by atoms with Crippen molar-refractivity contribution in [2.24, 2.45) is 0 Å². The number of hydrogen-bond donors (Lipinski definition) is 0. The van der Waals surface area contributed by atoms with Crippen molar-refractivity contribution >= 4 is 11.0 Å². The Morgan fingerprint density at radius 1 is 1.09 bits per heavy atom. The van der Waals surface area contributed by atoms with Gasteiger partial charge in [-0.15, -0.1) is 0 Å². The Bertz CT molecular complexity index is 827. The van der Waals surface area contributed by atoms with Crippen molar-refractivity contribution in [1.29, 1.82) is 0 Å². The minimum atomic E-state index is -0.153. The molecular weight excluding hydrogens is 276 g/mol. The van der Waals surface area contributed by atoms with E-state index in [1.54, 1.807) is 0 Å². The Labute approximate surface area is 130 Å². The van der Waals surface area contributed by atoms with Crippen LogP contribution in [-0.2, 0) is 19.3 Å². The molecule has 1 aliphatic carbocycles. The standard InChI is InChI=1S/C19H22O3/c1-11-16-12(8-9-19(2,3)22-16)10-15-13-6-4-5-7-14(13)18(20)21-17(11)15/h10H,4-9H2,1-3H3. The van der Waals surface area contributed by atoms with Crippen LogP contribution in [0.25, 0.3) is 11.0 Å². The van der Waals surface area contributed by atoms with Gasteiger partial charge in [0, 0.05) is 16.5 Å². The Kier molecular flexibility index (Phi) is 2.91. The van der Waals surface area contributed by atoms with Crippen LogP contribution in [-0.4, -0.2) is 5.60 Å². The van der Waals surface area contributed by atoms with E-state index in [4.69, 9.17) is 9.15 Å². The SMILES string of the molecule is Cc1c2c(cc3c4c(c(=O)oc13)CCCC4)CCC(C)(C)O2. The van der Waals surface area contributed by atoms with Gasteiger partial charge in [-0.1, -0.05) is 0 Å². The second-order valence-corrected chi connectivity index (χ2v) is 7.28. The van der Waals surface area contributed by atoms with E-state index < -0.39 is 0 Å². The molecule has 0 N–H and O–H groups in total. The molecule has 0 bridgehead atoms. The maximum atomic E-state index is 12.3. The maximum Gasteiger partial charge on any atom is 0.339 e. The molecule has 0 fully saturated rings. The Morgan fingerprint density at radius 2 is 1.82 bits per heavy atom. The molecule has 0 saturated heterocycles. The number of hydrogen-bond acceptors (Lipinski definition) is 3. The smallest absolute Gasteiger partial charge is 0.339 e. The molecule has 3 nitrogen and oxygen atoms in total. The summed E-state index contributed by atoms with van der Waals surface area (Å²) in [7, 11) is 0. The molecule has 1 aliphatic heterocycles. The van der Waals surface area contributed by atoms with Gasteiger partial charge >= 0.3 is 5.63 Å². The van der Waals surface area contributed by atoms with Crippen LogP contribution in [0.4, 0.5) is 0 Å². The van der Waals surface area contributed by atoms with Crippen LogP contribution in [0.3, 0.4) is 0 Å². The maximum absolute atomic E-state index is 12.3. The lowest BCUT2D eigenvalue weighted by Crippen LogP contribution is -2.33. The Morgan fingerprint density at radius 3 is 2.59 bits per heavy atom. The Balaban J connectivity index is 2.04. The van der Waals surface area contributed by atoms with Crippen LogP contribution in [0.5, 0.6) is 5.75 Å². The second kappa shape index (κ2) is 4.61. The van der Waals surface area contributed by atoms with Crippen molar-refractivity contribution in [2.75, 3.05) is 0 Å². The minimum absolute atomic E-state index is 0.152. The average molecular weight is 298 g/mol. The van der Waals surface area contributed by atoms with Crippen molar-refractivity contribution in [1.82, 2.24) is 0 Å². The first-order valence-electron chi connectivity index (χ1n) is 8.26. The molecule has 2 aromatic rings. The zero-order chi connectivity index (χ0) is 15.5. The molecule has 0 atom stereocenters. The zero-order valence-electron chi connectivity index (χ0n) is 13.5. The quantitative estimate of drug-likeness (QED) is 0.688. The number of ether oxygens (including phenoxy) is 1. The van der Waals surface area contributed by atoms with Gasteiger partial charge in [0.2, 0.25) is 0 Å². The van der Waals surface area contributed by atoms with Gasteiger partial charge in [-0.3, -0.25) is 0 Å². The molecule has 3 heteroatoms.